The summed E-state index contributed by atoms with van der Waals surface area (Å²) in [5, 5.41) is 7.18. The van der Waals surface area contributed by atoms with Gasteiger partial charge in [-0.25, -0.2) is 0 Å². The van der Waals surface area contributed by atoms with Crippen molar-refractivity contribution < 1.29 is 14.3 Å². The molecule has 2 amide bonds. The molecule has 1 aromatic heterocycles. The van der Waals surface area contributed by atoms with Crippen molar-refractivity contribution >= 4 is 40.0 Å². The summed E-state index contributed by atoms with van der Waals surface area (Å²) in [5.41, 5.74) is 2.98. The first-order valence-corrected chi connectivity index (χ1v) is 10.5. The van der Waals surface area contributed by atoms with Crippen molar-refractivity contribution in [2.75, 3.05) is 19.0 Å². The number of benzene rings is 3. The highest BCUT2D eigenvalue weighted by Crippen LogP contribution is 2.31. The van der Waals surface area contributed by atoms with Gasteiger partial charge >= 0.3 is 0 Å². The maximum atomic E-state index is 13.0. The van der Waals surface area contributed by atoms with Crippen molar-refractivity contribution in [3.8, 4) is 5.75 Å². The van der Waals surface area contributed by atoms with Crippen LogP contribution in [-0.4, -0.2) is 30.5 Å². The largest absolute Gasteiger partial charge is 0.497 e. The summed E-state index contributed by atoms with van der Waals surface area (Å²) in [4.78, 5) is 28.9. The van der Waals surface area contributed by atoms with E-state index in [9.17, 15) is 9.59 Å². The summed E-state index contributed by atoms with van der Waals surface area (Å²) in [7, 11) is 1.57. The molecule has 0 radical (unpaired) electrons. The lowest BCUT2D eigenvalue weighted by molar-refractivity contribution is 0.0951. The Kier molecular flexibility index (Phi) is 6.42. The van der Waals surface area contributed by atoms with E-state index in [2.05, 4.69) is 15.6 Å². The number of fused-ring (bicyclic) bond motifs is 1. The molecular formula is C25H22ClN3O3. The lowest BCUT2D eigenvalue weighted by Crippen LogP contribution is -2.27. The topological polar surface area (TPSA) is 83.2 Å². The van der Waals surface area contributed by atoms with Gasteiger partial charge in [-0.3, -0.25) is 9.59 Å². The van der Waals surface area contributed by atoms with E-state index >= 15 is 0 Å². The van der Waals surface area contributed by atoms with Crippen LogP contribution < -0.4 is 15.4 Å². The number of methoxy groups -OCH3 is 1. The molecule has 4 rings (SSSR count). The summed E-state index contributed by atoms with van der Waals surface area (Å²) in [6.45, 7) is 0.436. The molecule has 3 aromatic carbocycles. The number of aromatic nitrogens is 1. The zero-order chi connectivity index (χ0) is 22.5. The molecule has 6 nitrogen and oxygen atoms in total. The monoisotopic (exact) mass is 447 g/mol. The van der Waals surface area contributed by atoms with Crippen molar-refractivity contribution in [1.82, 2.24) is 10.3 Å². The zero-order valence-corrected chi connectivity index (χ0v) is 18.2. The van der Waals surface area contributed by atoms with Gasteiger partial charge in [-0.2, -0.15) is 0 Å². The highest BCUT2D eigenvalue weighted by Gasteiger charge is 2.20. The van der Waals surface area contributed by atoms with Gasteiger partial charge in [0.1, 0.15) is 11.4 Å². The first-order chi connectivity index (χ1) is 15.5. The molecule has 0 atom stereocenters. The summed E-state index contributed by atoms with van der Waals surface area (Å²) < 4.78 is 5.32. The Morgan fingerprint density at radius 1 is 0.969 bits per heavy atom. The molecular weight excluding hydrogens is 426 g/mol. The van der Waals surface area contributed by atoms with Crippen LogP contribution in [0.2, 0.25) is 5.02 Å². The quantitative estimate of drug-likeness (QED) is 0.370. The highest BCUT2D eigenvalue weighted by molar-refractivity contribution is 6.30. The molecule has 0 aliphatic heterocycles. The number of carbonyl (C=O) groups excluding carboxylic acids is 2. The Hall–Kier alpha value is -3.77. The summed E-state index contributed by atoms with van der Waals surface area (Å²) in [5.74, 6) is 0.0171. The number of hydrogen-bond acceptors (Lipinski definition) is 3. The smallest absolute Gasteiger partial charge is 0.269 e. The van der Waals surface area contributed by atoms with E-state index < -0.39 is 0 Å². The minimum Gasteiger partial charge on any atom is -0.497 e. The Balaban J connectivity index is 1.59. The molecule has 7 heteroatoms. The predicted octanol–water partition coefficient (Wildman–Crippen LogP) is 5.05. The number of carbonyl (C=O) groups is 2. The fourth-order valence-corrected chi connectivity index (χ4v) is 3.56. The number of nitrogens with one attached hydrogen (secondary N) is 3. The van der Waals surface area contributed by atoms with E-state index in [1.54, 1.807) is 43.5 Å². The van der Waals surface area contributed by atoms with Gasteiger partial charge < -0.3 is 20.4 Å². The van der Waals surface area contributed by atoms with Crippen molar-refractivity contribution in [2.24, 2.45) is 0 Å². The number of halogens is 1. The molecule has 32 heavy (non-hydrogen) atoms. The van der Waals surface area contributed by atoms with Crippen LogP contribution in [0.1, 0.15) is 26.4 Å². The van der Waals surface area contributed by atoms with Crippen molar-refractivity contribution in [3.63, 3.8) is 0 Å². The molecule has 0 fully saturated rings. The second kappa shape index (κ2) is 9.58. The van der Waals surface area contributed by atoms with Crippen LogP contribution in [0.15, 0.2) is 72.8 Å². The fraction of sp³-hybridized carbons (Fsp3) is 0.120. The van der Waals surface area contributed by atoms with Crippen molar-refractivity contribution in [1.29, 1.82) is 0 Å². The number of rotatable bonds is 7. The van der Waals surface area contributed by atoms with Gasteiger partial charge in [-0.05, 0) is 54.4 Å². The number of hydrogen-bond donors (Lipinski definition) is 3. The number of H-pyrrole nitrogens is 1. The standard InChI is InChI=1S/C25H22ClN3O3/c1-32-19-11-12-21-20(15-19)22(29-24(30)17-5-3-2-4-6-17)23(28-21)25(31)27-14-13-16-7-9-18(26)10-8-16/h2-12,15,28H,13-14H2,1H3,(H,27,31)(H,29,30). The Morgan fingerprint density at radius 2 is 1.72 bits per heavy atom. The number of aromatic amines is 1. The number of ether oxygens (including phenoxy) is 1. The average Bonchev–Trinajstić information content (AvgIpc) is 3.18. The Bertz CT molecular complexity index is 1250. The van der Waals surface area contributed by atoms with Crippen LogP contribution in [0.3, 0.4) is 0 Å². The third kappa shape index (κ3) is 4.76. The van der Waals surface area contributed by atoms with Gasteiger partial charge in [-0.15, -0.1) is 0 Å². The van der Waals surface area contributed by atoms with E-state index in [-0.39, 0.29) is 17.5 Å². The zero-order valence-electron chi connectivity index (χ0n) is 17.4. The van der Waals surface area contributed by atoms with Crippen LogP contribution in [0.4, 0.5) is 5.69 Å². The van der Waals surface area contributed by atoms with Gasteiger partial charge in [0, 0.05) is 28.0 Å². The van der Waals surface area contributed by atoms with Crippen LogP contribution in [0.25, 0.3) is 10.9 Å². The summed E-state index contributed by atoms with van der Waals surface area (Å²) in [6, 6.07) is 21.7. The predicted molar refractivity (Wildman–Crippen MR) is 127 cm³/mol. The van der Waals surface area contributed by atoms with Gasteiger partial charge in [0.2, 0.25) is 0 Å². The number of anilines is 1. The molecule has 3 N–H and O–H groups in total. The van der Waals surface area contributed by atoms with Crippen LogP contribution in [-0.2, 0) is 6.42 Å². The molecule has 0 unspecified atom stereocenters. The van der Waals surface area contributed by atoms with Crippen LogP contribution >= 0.6 is 11.6 Å². The molecule has 0 saturated carbocycles. The summed E-state index contributed by atoms with van der Waals surface area (Å²) in [6.07, 6.45) is 0.655. The molecule has 0 aliphatic carbocycles. The minimum absolute atomic E-state index is 0.286. The molecule has 0 bridgehead atoms. The molecule has 4 aromatic rings. The second-order valence-electron chi connectivity index (χ2n) is 7.24. The van der Waals surface area contributed by atoms with Gasteiger partial charge in [0.15, 0.2) is 0 Å². The van der Waals surface area contributed by atoms with Crippen LogP contribution in [0.5, 0.6) is 5.75 Å². The molecule has 0 saturated heterocycles. The molecule has 162 valence electrons. The van der Waals surface area contributed by atoms with Gasteiger partial charge in [-0.1, -0.05) is 41.9 Å². The fourth-order valence-electron chi connectivity index (χ4n) is 3.43. The second-order valence-corrected chi connectivity index (χ2v) is 7.68. The van der Waals surface area contributed by atoms with Gasteiger partial charge in [0.25, 0.3) is 11.8 Å². The van der Waals surface area contributed by atoms with E-state index in [0.717, 1.165) is 11.1 Å². The van der Waals surface area contributed by atoms with Gasteiger partial charge in [0.05, 0.1) is 12.8 Å². The number of amides is 2. The molecule has 1 heterocycles. The third-order valence-electron chi connectivity index (χ3n) is 5.12. The first-order valence-electron chi connectivity index (χ1n) is 10.1. The average molecular weight is 448 g/mol. The van der Waals surface area contributed by atoms with E-state index in [0.29, 0.717) is 40.4 Å². The maximum absolute atomic E-state index is 13.0. The highest BCUT2D eigenvalue weighted by atomic mass is 35.5. The normalized spacial score (nSPS) is 10.7. The molecule has 0 aliphatic rings. The first kappa shape index (κ1) is 21.5. The van der Waals surface area contributed by atoms with E-state index in [1.807, 2.05) is 36.4 Å². The minimum atomic E-state index is -0.308. The Labute approximate surface area is 190 Å². The SMILES string of the molecule is COc1ccc2[nH]c(C(=O)NCCc3ccc(Cl)cc3)c(NC(=O)c3ccccc3)c2c1. The Morgan fingerprint density at radius 3 is 2.44 bits per heavy atom. The van der Waals surface area contributed by atoms with Crippen LogP contribution in [0, 0.1) is 0 Å². The lowest BCUT2D eigenvalue weighted by atomic mass is 10.1. The summed E-state index contributed by atoms with van der Waals surface area (Å²) >= 11 is 5.92. The maximum Gasteiger partial charge on any atom is 0.269 e. The van der Waals surface area contributed by atoms with E-state index in [4.69, 9.17) is 16.3 Å². The molecule has 0 spiro atoms. The lowest BCUT2D eigenvalue weighted by Gasteiger charge is -2.09. The van der Waals surface area contributed by atoms with Crippen molar-refractivity contribution in [2.45, 2.75) is 6.42 Å². The third-order valence-corrected chi connectivity index (χ3v) is 5.37. The van der Waals surface area contributed by atoms with Crippen molar-refractivity contribution in [3.05, 3.63) is 94.6 Å². The van der Waals surface area contributed by atoms with E-state index in [1.165, 1.54) is 0 Å².